The van der Waals surface area contributed by atoms with Crippen LogP contribution < -0.4 is 0 Å². The second-order valence-electron chi connectivity index (χ2n) is 8.84. The Bertz CT molecular complexity index is 1000. The van der Waals surface area contributed by atoms with Crippen molar-refractivity contribution in [2.24, 2.45) is 5.92 Å². The van der Waals surface area contributed by atoms with Gasteiger partial charge >= 0.3 is 0 Å². The van der Waals surface area contributed by atoms with Gasteiger partial charge in [0.15, 0.2) is 0 Å². The SMILES string of the molecule is Cc1nn(CC(C)C)c(C)c1CCC(=O)N1CCCC[C@@H]1c1nc2ccccc2s1. The third-order valence-corrected chi connectivity index (χ3v) is 7.21. The summed E-state index contributed by atoms with van der Waals surface area (Å²) in [4.78, 5) is 20.2. The average Bonchev–Trinajstić information content (AvgIpc) is 3.27. The van der Waals surface area contributed by atoms with Crippen molar-refractivity contribution in [3.05, 3.63) is 46.2 Å². The van der Waals surface area contributed by atoms with Crippen molar-refractivity contribution in [2.45, 2.75) is 72.4 Å². The molecule has 1 aromatic carbocycles. The van der Waals surface area contributed by atoms with E-state index >= 15 is 0 Å². The average molecular weight is 425 g/mol. The summed E-state index contributed by atoms with van der Waals surface area (Å²) in [5.41, 5.74) is 4.54. The van der Waals surface area contributed by atoms with E-state index in [0.717, 1.165) is 55.0 Å². The van der Waals surface area contributed by atoms with Crippen LogP contribution in [0.1, 0.15) is 67.5 Å². The summed E-state index contributed by atoms with van der Waals surface area (Å²) in [6.07, 6.45) is 4.55. The van der Waals surface area contributed by atoms with Crippen molar-refractivity contribution in [2.75, 3.05) is 6.54 Å². The molecule has 1 aliphatic heterocycles. The van der Waals surface area contributed by atoms with Crippen LogP contribution in [0.2, 0.25) is 0 Å². The lowest BCUT2D eigenvalue weighted by Gasteiger charge is -2.34. The molecule has 0 radical (unpaired) electrons. The van der Waals surface area contributed by atoms with E-state index in [1.54, 1.807) is 11.3 Å². The number of piperidine rings is 1. The molecule has 0 spiro atoms. The Kier molecular flexibility index (Phi) is 6.23. The molecular weight excluding hydrogens is 392 g/mol. The number of aryl methyl sites for hydroxylation is 1. The van der Waals surface area contributed by atoms with Crippen LogP contribution in [0.25, 0.3) is 10.2 Å². The van der Waals surface area contributed by atoms with Gasteiger partial charge in [-0.25, -0.2) is 4.98 Å². The van der Waals surface area contributed by atoms with Crippen LogP contribution in [0.4, 0.5) is 0 Å². The normalized spacial score (nSPS) is 17.2. The molecule has 1 fully saturated rings. The molecule has 1 aliphatic rings. The van der Waals surface area contributed by atoms with Crippen molar-refractivity contribution in [1.82, 2.24) is 19.7 Å². The number of carbonyl (C=O) groups is 1. The number of para-hydroxylation sites is 1. The molecule has 0 N–H and O–H groups in total. The third kappa shape index (κ3) is 4.29. The van der Waals surface area contributed by atoms with Gasteiger partial charge < -0.3 is 4.90 Å². The molecule has 6 heteroatoms. The lowest BCUT2D eigenvalue weighted by Crippen LogP contribution is -2.38. The molecule has 5 nitrogen and oxygen atoms in total. The maximum atomic E-state index is 13.3. The third-order valence-electron chi connectivity index (χ3n) is 6.08. The minimum atomic E-state index is 0.120. The van der Waals surface area contributed by atoms with E-state index in [1.807, 2.05) is 6.07 Å². The van der Waals surface area contributed by atoms with Crippen molar-refractivity contribution in [3.63, 3.8) is 0 Å². The summed E-state index contributed by atoms with van der Waals surface area (Å²) in [6.45, 7) is 10.4. The highest BCUT2D eigenvalue weighted by Crippen LogP contribution is 2.36. The Morgan fingerprint density at radius 3 is 2.80 bits per heavy atom. The number of aromatic nitrogens is 3. The number of rotatable bonds is 6. The fraction of sp³-hybridized carbons (Fsp3) is 0.542. The number of thiazole rings is 1. The van der Waals surface area contributed by atoms with Crippen LogP contribution in [0.3, 0.4) is 0 Å². The number of benzene rings is 1. The number of likely N-dealkylation sites (tertiary alicyclic amines) is 1. The Hall–Kier alpha value is -2.21. The number of nitrogens with zero attached hydrogens (tertiary/aromatic N) is 4. The predicted octanol–water partition coefficient (Wildman–Crippen LogP) is 5.45. The maximum Gasteiger partial charge on any atom is 0.223 e. The van der Waals surface area contributed by atoms with Crippen LogP contribution in [0.5, 0.6) is 0 Å². The summed E-state index contributed by atoms with van der Waals surface area (Å²) in [5, 5.41) is 5.80. The first-order valence-corrected chi connectivity index (χ1v) is 11.9. The number of carbonyl (C=O) groups excluding carboxylic acids is 1. The molecule has 3 aromatic rings. The number of fused-ring (bicyclic) bond motifs is 1. The minimum Gasteiger partial charge on any atom is -0.333 e. The molecule has 3 heterocycles. The van der Waals surface area contributed by atoms with Gasteiger partial charge in [-0.3, -0.25) is 9.48 Å². The van der Waals surface area contributed by atoms with Gasteiger partial charge in [-0.1, -0.05) is 26.0 Å². The van der Waals surface area contributed by atoms with E-state index in [9.17, 15) is 4.79 Å². The number of hydrogen-bond acceptors (Lipinski definition) is 4. The van der Waals surface area contributed by atoms with Gasteiger partial charge in [-0.05, 0) is 63.1 Å². The zero-order valence-electron chi connectivity index (χ0n) is 18.5. The van der Waals surface area contributed by atoms with Crippen LogP contribution in [0.15, 0.2) is 24.3 Å². The summed E-state index contributed by atoms with van der Waals surface area (Å²) in [7, 11) is 0. The highest BCUT2D eigenvalue weighted by Gasteiger charge is 2.30. The van der Waals surface area contributed by atoms with Crippen LogP contribution in [0, 0.1) is 19.8 Å². The Morgan fingerprint density at radius 2 is 2.03 bits per heavy atom. The highest BCUT2D eigenvalue weighted by atomic mass is 32.1. The lowest BCUT2D eigenvalue weighted by molar-refractivity contribution is -0.135. The zero-order valence-corrected chi connectivity index (χ0v) is 19.3. The molecule has 0 unspecified atom stereocenters. The Balaban J connectivity index is 1.48. The van der Waals surface area contributed by atoms with Gasteiger partial charge in [-0.15, -0.1) is 11.3 Å². The van der Waals surface area contributed by atoms with Crippen LogP contribution in [-0.4, -0.2) is 32.1 Å². The van der Waals surface area contributed by atoms with Gasteiger partial charge in [0.1, 0.15) is 5.01 Å². The smallest absolute Gasteiger partial charge is 0.223 e. The maximum absolute atomic E-state index is 13.3. The molecule has 1 amide bonds. The minimum absolute atomic E-state index is 0.120. The fourth-order valence-corrected chi connectivity index (χ4v) is 5.63. The molecule has 4 rings (SSSR count). The van der Waals surface area contributed by atoms with Crippen molar-refractivity contribution in [1.29, 1.82) is 0 Å². The topological polar surface area (TPSA) is 51.0 Å². The van der Waals surface area contributed by atoms with E-state index in [2.05, 4.69) is 55.5 Å². The van der Waals surface area contributed by atoms with Gasteiger partial charge in [0.05, 0.1) is 22.0 Å². The first kappa shape index (κ1) is 21.0. The number of hydrogen-bond donors (Lipinski definition) is 0. The molecule has 160 valence electrons. The van der Waals surface area contributed by atoms with Crippen LogP contribution in [-0.2, 0) is 17.8 Å². The molecule has 30 heavy (non-hydrogen) atoms. The van der Waals surface area contributed by atoms with Gasteiger partial charge in [-0.2, -0.15) is 5.10 Å². The summed E-state index contributed by atoms with van der Waals surface area (Å²) >= 11 is 1.73. The predicted molar refractivity (Wildman–Crippen MR) is 123 cm³/mol. The van der Waals surface area contributed by atoms with E-state index < -0.39 is 0 Å². The number of amides is 1. The molecule has 2 aromatic heterocycles. The highest BCUT2D eigenvalue weighted by molar-refractivity contribution is 7.18. The van der Waals surface area contributed by atoms with E-state index in [-0.39, 0.29) is 11.9 Å². The monoisotopic (exact) mass is 424 g/mol. The second kappa shape index (κ2) is 8.88. The molecular formula is C24H32N4OS. The van der Waals surface area contributed by atoms with Gasteiger partial charge in [0, 0.05) is 25.2 Å². The molecule has 1 atom stereocenters. The summed E-state index contributed by atoms with van der Waals surface area (Å²) < 4.78 is 3.30. The van der Waals surface area contributed by atoms with E-state index in [1.165, 1.54) is 16.0 Å². The molecule has 0 aliphatic carbocycles. The molecule has 0 saturated carbocycles. The zero-order chi connectivity index (χ0) is 21.3. The van der Waals surface area contributed by atoms with E-state index in [0.29, 0.717) is 12.3 Å². The Morgan fingerprint density at radius 1 is 1.23 bits per heavy atom. The fourth-order valence-electron chi connectivity index (χ4n) is 4.51. The molecule has 0 bridgehead atoms. The lowest BCUT2D eigenvalue weighted by atomic mass is 10.0. The second-order valence-corrected chi connectivity index (χ2v) is 9.91. The largest absolute Gasteiger partial charge is 0.333 e. The quantitative estimate of drug-likeness (QED) is 0.528. The van der Waals surface area contributed by atoms with Gasteiger partial charge in [0.25, 0.3) is 0 Å². The standard InChI is InChI=1S/C24H32N4OS/c1-16(2)15-28-18(4)19(17(3)26-28)12-13-23(29)27-14-8-7-10-21(27)24-25-20-9-5-6-11-22(20)30-24/h5-6,9,11,16,21H,7-8,10,12-15H2,1-4H3/t21-/m1/s1. The van der Waals surface area contributed by atoms with Gasteiger partial charge in [0.2, 0.25) is 5.91 Å². The molecule has 1 saturated heterocycles. The summed E-state index contributed by atoms with van der Waals surface area (Å²) in [6, 6.07) is 8.38. The van der Waals surface area contributed by atoms with E-state index in [4.69, 9.17) is 10.1 Å². The first-order valence-electron chi connectivity index (χ1n) is 11.1. The first-order chi connectivity index (χ1) is 14.4. The summed E-state index contributed by atoms with van der Waals surface area (Å²) in [5.74, 6) is 0.801. The van der Waals surface area contributed by atoms with Crippen molar-refractivity contribution >= 4 is 27.5 Å². The van der Waals surface area contributed by atoms with Crippen molar-refractivity contribution < 1.29 is 4.79 Å². The Labute approximate surface area is 183 Å². The van der Waals surface area contributed by atoms with Crippen LogP contribution >= 0.6 is 11.3 Å². The van der Waals surface area contributed by atoms with Crippen molar-refractivity contribution in [3.8, 4) is 0 Å².